The second-order valence-electron chi connectivity index (χ2n) is 3.42. The van der Waals surface area contributed by atoms with E-state index in [-0.39, 0.29) is 32.7 Å². The van der Waals surface area contributed by atoms with Gasteiger partial charge in [-0.2, -0.15) is 24.3 Å². The van der Waals surface area contributed by atoms with Crippen LogP contribution >= 0.6 is 0 Å². The summed E-state index contributed by atoms with van der Waals surface area (Å²) in [5.41, 5.74) is 5.63. The van der Waals surface area contributed by atoms with Gasteiger partial charge < -0.3 is 0 Å². The van der Waals surface area contributed by atoms with Gasteiger partial charge in [-0.15, -0.1) is 11.1 Å². The molecule has 1 radical (unpaired) electrons. The smallest absolute Gasteiger partial charge is 0 e. The molecule has 0 bridgehead atoms. The van der Waals surface area contributed by atoms with E-state index in [0.717, 1.165) is 6.42 Å². The summed E-state index contributed by atoms with van der Waals surface area (Å²) in [4.78, 5) is 0. The van der Waals surface area contributed by atoms with E-state index in [4.69, 9.17) is 0 Å². The molecule has 0 amide bonds. The molecule has 2 aromatic rings. The van der Waals surface area contributed by atoms with E-state index in [0.29, 0.717) is 0 Å². The average Bonchev–Trinajstić information content (AvgIpc) is 2.56. The maximum atomic E-state index is 3.13. The number of benzene rings is 2. The molecule has 2 aromatic carbocycles. The SMILES string of the molecule is [Y].[c-]1ccc2c(c1)Cc1ccccc1-2. The van der Waals surface area contributed by atoms with Gasteiger partial charge in [0, 0.05) is 32.7 Å². The normalized spacial score (nSPS) is 11.4. The maximum absolute atomic E-state index is 3.13. The van der Waals surface area contributed by atoms with Gasteiger partial charge in [-0.1, -0.05) is 24.3 Å². The summed E-state index contributed by atoms with van der Waals surface area (Å²) in [6, 6.07) is 18.0. The van der Waals surface area contributed by atoms with Crippen LogP contribution in [0.3, 0.4) is 0 Å². The van der Waals surface area contributed by atoms with Crippen molar-refractivity contribution in [1.29, 1.82) is 0 Å². The van der Waals surface area contributed by atoms with E-state index in [2.05, 4.69) is 42.5 Å². The Kier molecular flexibility index (Phi) is 2.85. The summed E-state index contributed by atoms with van der Waals surface area (Å²) < 4.78 is 0. The first-order valence-electron chi connectivity index (χ1n) is 4.52. The molecule has 3 rings (SSSR count). The zero-order valence-corrected chi connectivity index (χ0v) is 10.7. The monoisotopic (exact) mass is 254 g/mol. The van der Waals surface area contributed by atoms with Crippen molar-refractivity contribution < 1.29 is 32.7 Å². The van der Waals surface area contributed by atoms with Gasteiger partial charge in [0.15, 0.2) is 0 Å². The van der Waals surface area contributed by atoms with Gasteiger partial charge in [-0.25, -0.2) is 0 Å². The molecule has 0 atom stereocenters. The van der Waals surface area contributed by atoms with Crippen molar-refractivity contribution in [1.82, 2.24) is 0 Å². The molecular weight excluding hydrogens is 245 g/mol. The zero-order chi connectivity index (χ0) is 8.67. The second-order valence-corrected chi connectivity index (χ2v) is 3.42. The Morgan fingerprint density at radius 3 is 2.64 bits per heavy atom. The van der Waals surface area contributed by atoms with Gasteiger partial charge in [-0.05, 0) is 17.5 Å². The van der Waals surface area contributed by atoms with Crippen LogP contribution in [0.4, 0.5) is 0 Å². The van der Waals surface area contributed by atoms with E-state index in [1.54, 1.807) is 0 Å². The van der Waals surface area contributed by atoms with Crippen LogP contribution in [0.2, 0.25) is 0 Å². The summed E-state index contributed by atoms with van der Waals surface area (Å²) >= 11 is 0. The van der Waals surface area contributed by atoms with Crippen molar-refractivity contribution in [3.05, 3.63) is 59.7 Å². The minimum atomic E-state index is 0. The van der Waals surface area contributed by atoms with E-state index in [1.807, 2.05) is 6.07 Å². The van der Waals surface area contributed by atoms with Gasteiger partial charge in [0.05, 0.1) is 0 Å². The van der Waals surface area contributed by atoms with Crippen LogP contribution in [0.15, 0.2) is 42.5 Å². The fraction of sp³-hybridized carbons (Fsp3) is 0.0769. The molecule has 1 aliphatic carbocycles. The Labute approximate surface area is 109 Å². The Hall–Kier alpha value is -0.456. The fourth-order valence-corrected chi connectivity index (χ4v) is 2.02. The Bertz CT molecular complexity index is 417. The van der Waals surface area contributed by atoms with Crippen LogP contribution in [0.1, 0.15) is 11.1 Å². The predicted octanol–water partition coefficient (Wildman–Crippen LogP) is 3.06. The molecule has 0 unspecified atom stereocenters. The van der Waals surface area contributed by atoms with Crippen molar-refractivity contribution in [2.24, 2.45) is 0 Å². The second kappa shape index (κ2) is 3.96. The van der Waals surface area contributed by atoms with E-state index in [9.17, 15) is 0 Å². The van der Waals surface area contributed by atoms with Gasteiger partial charge in [-0.3, -0.25) is 0 Å². The third kappa shape index (κ3) is 1.47. The number of hydrogen-bond donors (Lipinski definition) is 0. The van der Waals surface area contributed by atoms with Crippen molar-refractivity contribution in [2.45, 2.75) is 6.42 Å². The molecule has 0 aromatic heterocycles. The van der Waals surface area contributed by atoms with Gasteiger partial charge in [0.2, 0.25) is 0 Å². The summed E-state index contributed by atoms with van der Waals surface area (Å²) in [6.07, 6.45) is 1.07. The standard InChI is InChI=1S/C13H9.Y/c1-3-7-12-10(5-1)9-11-6-2-4-8-13(11)12;/h1,3-8H,9H2;/q-1;. The summed E-state index contributed by atoms with van der Waals surface area (Å²) in [5.74, 6) is 0. The molecule has 0 N–H and O–H groups in total. The van der Waals surface area contributed by atoms with Crippen LogP contribution in [-0.4, -0.2) is 0 Å². The molecule has 0 saturated heterocycles. The molecule has 14 heavy (non-hydrogen) atoms. The van der Waals surface area contributed by atoms with Crippen LogP contribution in [0.5, 0.6) is 0 Å². The van der Waals surface area contributed by atoms with Gasteiger partial charge >= 0.3 is 0 Å². The van der Waals surface area contributed by atoms with Crippen molar-refractivity contribution in [3.63, 3.8) is 0 Å². The molecule has 1 aliphatic rings. The van der Waals surface area contributed by atoms with Crippen LogP contribution in [0.25, 0.3) is 11.1 Å². The molecule has 0 nitrogen and oxygen atoms in total. The molecular formula is C13H9Y-. The molecule has 0 spiro atoms. The van der Waals surface area contributed by atoms with E-state index >= 15 is 0 Å². The quantitative estimate of drug-likeness (QED) is 0.541. The van der Waals surface area contributed by atoms with Crippen molar-refractivity contribution in [2.75, 3.05) is 0 Å². The average molecular weight is 254 g/mol. The Morgan fingerprint density at radius 2 is 1.71 bits per heavy atom. The van der Waals surface area contributed by atoms with Gasteiger partial charge in [0.1, 0.15) is 0 Å². The van der Waals surface area contributed by atoms with Crippen LogP contribution < -0.4 is 0 Å². The first kappa shape index (κ1) is 10.1. The van der Waals surface area contributed by atoms with Gasteiger partial charge in [0.25, 0.3) is 0 Å². The maximum Gasteiger partial charge on any atom is 0 e. The first-order valence-corrected chi connectivity index (χ1v) is 4.52. The molecule has 65 valence electrons. The van der Waals surface area contributed by atoms with Crippen molar-refractivity contribution in [3.8, 4) is 11.1 Å². The first-order chi connectivity index (χ1) is 6.45. The minimum Gasteiger partial charge on any atom is -0.183 e. The zero-order valence-electron chi connectivity index (χ0n) is 7.83. The fourth-order valence-electron chi connectivity index (χ4n) is 2.02. The Morgan fingerprint density at radius 1 is 0.929 bits per heavy atom. The summed E-state index contributed by atoms with van der Waals surface area (Å²) in [6.45, 7) is 0. The molecule has 0 fully saturated rings. The Balaban J connectivity index is 0.000000750. The molecule has 0 heterocycles. The molecule has 0 aliphatic heterocycles. The van der Waals surface area contributed by atoms with Crippen molar-refractivity contribution >= 4 is 0 Å². The summed E-state index contributed by atoms with van der Waals surface area (Å²) in [5, 5.41) is 0. The molecule has 0 saturated carbocycles. The summed E-state index contributed by atoms with van der Waals surface area (Å²) in [7, 11) is 0. The third-order valence-electron chi connectivity index (χ3n) is 2.64. The molecule has 1 heteroatoms. The number of hydrogen-bond acceptors (Lipinski definition) is 0. The van der Waals surface area contributed by atoms with E-state index in [1.165, 1.54) is 22.3 Å². The predicted molar refractivity (Wildman–Crippen MR) is 53.5 cm³/mol. The minimum absolute atomic E-state index is 0. The largest absolute Gasteiger partial charge is 0.183 e. The van der Waals surface area contributed by atoms with Crippen LogP contribution in [-0.2, 0) is 39.1 Å². The third-order valence-corrected chi connectivity index (χ3v) is 2.64. The number of fused-ring (bicyclic) bond motifs is 3. The van der Waals surface area contributed by atoms with Crippen LogP contribution in [0, 0.1) is 6.07 Å². The van der Waals surface area contributed by atoms with E-state index < -0.39 is 0 Å². The topological polar surface area (TPSA) is 0 Å². The number of rotatable bonds is 0.